The molecule has 0 saturated carbocycles. The SMILES string of the molecule is O=C(NCc1cc(F)ccc1F)NC1CCN(Cc2ccccc2)CC1. The molecule has 1 aliphatic heterocycles. The zero-order valence-electron chi connectivity index (χ0n) is 14.6. The average molecular weight is 359 g/mol. The topological polar surface area (TPSA) is 44.4 Å². The van der Waals surface area contributed by atoms with Gasteiger partial charge in [0.15, 0.2) is 0 Å². The number of hydrogen-bond acceptors (Lipinski definition) is 2. The lowest BCUT2D eigenvalue weighted by Crippen LogP contribution is -2.47. The van der Waals surface area contributed by atoms with E-state index in [1.165, 1.54) is 5.56 Å². The summed E-state index contributed by atoms with van der Waals surface area (Å²) in [5.41, 5.74) is 1.42. The molecule has 2 aromatic carbocycles. The fourth-order valence-electron chi connectivity index (χ4n) is 3.17. The smallest absolute Gasteiger partial charge is 0.315 e. The zero-order chi connectivity index (χ0) is 18.4. The second-order valence-corrected chi connectivity index (χ2v) is 6.60. The van der Waals surface area contributed by atoms with Crippen molar-refractivity contribution in [1.82, 2.24) is 15.5 Å². The Morgan fingerprint density at radius 1 is 1.08 bits per heavy atom. The van der Waals surface area contributed by atoms with Crippen LogP contribution in [0.15, 0.2) is 48.5 Å². The Labute approximate surface area is 152 Å². The number of piperidine rings is 1. The lowest BCUT2D eigenvalue weighted by atomic mass is 10.0. The lowest BCUT2D eigenvalue weighted by Gasteiger charge is -2.32. The van der Waals surface area contributed by atoms with Gasteiger partial charge in [-0.2, -0.15) is 0 Å². The number of likely N-dealkylation sites (tertiary alicyclic amines) is 1. The number of nitrogens with zero attached hydrogens (tertiary/aromatic N) is 1. The number of benzene rings is 2. The molecule has 0 unspecified atom stereocenters. The summed E-state index contributed by atoms with van der Waals surface area (Å²) in [4.78, 5) is 14.4. The molecule has 2 N–H and O–H groups in total. The summed E-state index contributed by atoms with van der Waals surface area (Å²) < 4.78 is 26.7. The van der Waals surface area contributed by atoms with Crippen molar-refractivity contribution in [2.24, 2.45) is 0 Å². The van der Waals surface area contributed by atoms with Crippen LogP contribution in [0.4, 0.5) is 13.6 Å². The molecule has 0 aromatic heterocycles. The molecule has 1 heterocycles. The van der Waals surface area contributed by atoms with Gasteiger partial charge in [-0.05, 0) is 36.6 Å². The van der Waals surface area contributed by atoms with Gasteiger partial charge in [-0.15, -0.1) is 0 Å². The molecule has 4 nitrogen and oxygen atoms in total. The maximum absolute atomic E-state index is 13.6. The van der Waals surface area contributed by atoms with E-state index in [9.17, 15) is 13.6 Å². The van der Waals surface area contributed by atoms with Crippen molar-refractivity contribution in [2.75, 3.05) is 13.1 Å². The Morgan fingerprint density at radius 2 is 1.81 bits per heavy atom. The number of amides is 2. The van der Waals surface area contributed by atoms with Crippen LogP contribution in [0.25, 0.3) is 0 Å². The minimum atomic E-state index is -0.527. The molecule has 1 saturated heterocycles. The van der Waals surface area contributed by atoms with Crippen LogP contribution in [-0.2, 0) is 13.1 Å². The number of halogens is 2. The van der Waals surface area contributed by atoms with Crippen molar-refractivity contribution in [3.05, 3.63) is 71.3 Å². The fraction of sp³-hybridized carbons (Fsp3) is 0.350. The molecule has 0 spiro atoms. The van der Waals surface area contributed by atoms with Gasteiger partial charge in [0.05, 0.1) is 0 Å². The summed E-state index contributed by atoms with van der Waals surface area (Å²) in [6.07, 6.45) is 1.74. The second kappa shape index (κ2) is 8.76. The highest BCUT2D eigenvalue weighted by atomic mass is 19.1. The predicted octanol–water partition coefficient (Wildman–Crippen LogP) is 3.43. The second-order valence-electron chi connectivity index (χ2n) is 6.60. The molecule has 1 fully saturated rings. The van der Waals surface area contributed by atoms with E-state index in [1.807, 2.05) is 18.2 Å². The minimum absolute atomic E-state index is 0.0394. The van der Waals surface area contributed by atoms with Gasteiger partial charge in [0.2, 0.25) is 0 Å². The first kappa shape index (κ1) is 18.3. The summed E-state index contributed by atoms with van der Waals surface area (Å²) in [6.45, 7) is 2.71. The largest absolute Gasteiger partial charge is 0.335 e. The van der Waals surface area contributed by atoms with Gasteiger partial charge in [0, 0.05) is 37.8 Å². The number of urea groups is 1. The zero-order valence-corrected chi connectivity index (χ0v) is 14.6. The first-order valence-electron chi connectivity index (χ1n) is 8.85. The predicted molar refractivity (Wildman–Crippen MR) is 96.5 cm³/mol. The van der Waals surface area contributed by atoms with E-state index in [0.717, 1.165) is 50.7 Å². The van der Waals surface area contributed by atoms with Crippen molar-refractivity contribution >= 4 is 6.03 Å². The van der Waals surface area contributed by atoms with Gasteiger partial charge in [-0.25, -0.2) is 13.6 Å². The van der Waals surface area contributed by atoms with Crippen LogP contribution >= 0.6 is 0 Å². The molecule has 26 heavy (non-hydrogen) atoms. The van der Waals surface area contributed by atoms with Gasteiger partial charge in [0.1, 0.15) is 11.6 Å². The summed E-state index contributed by atoms with van der Waals surface area (Å²) in [5, 5.41) is 5.51. The van der Waals surface area contributed by atoms with E-state index in [2.05, 4.69) is 27.7 Å². The van der Waals surface area contributed by atoms with Crippen LogP contribution in [0, 0.1) is 11.6 Å². The summed E-state index contributed by atoms with van der Waals surface area (Å²) in [7, 11) is 0. The number of nitrogens with one attached hydrogen (secondary N) is 2. The van der Waals surface area contributed by atoms with Crippen LogP contribution in [0.1, 0.15) is 24.0 Å². The number of carbonyl (C=O) groups excluding carboxylic acids is 1. The molecule has 0 aliphatic carbocycles. The number of carbonyl (C=O) groups is 1. The first-order valence-corrected chi connectivity index (χ1v) is 8.85. The van der Waals surface area contributed by atoms with Gasteiger partial charge >= 0.3 is 6.03 Å². The summed E-state index contributed by atoms with van der Waals surface area (Å²) in [6, 6.07) is 13.3. The van der Waals surface area contributed by atoms with Crippen molar-refractivity contribution in [1.29, 1.82) is 0 Å². The van der Waals surface area contributed by atoms with Crippen molar-refractivity contribution in [3.8, 4) is 0 Å². The van der Waals surface area contributed by atoms with Crippen LogP contribution in [0.5, 0.6) is 0 Å². The molecular weight excluding hydrogens is 336 g/mol. The minimum Gasteiger partial charge on any atom is -0.335 e. The monoisotopic (exact) mass is 359 g/mol. The Bertz CT molecular complexity index is 731. The molecule has 2 aromatic rings. The molecule has 138 valence electrons. The standard InChI is InChI=1S/C20H23F2N3O/c21-17-6-7-19(22)16(12-17)13-23-20(26)24-18-8-10-25(11-9-18)14-15-4-2-1-3-5-15/h1-7,12,18H,8-11,13-14H2,(H2,23,24,26). The van der Waals surface area contributed by atoms with E-state index >= 15 is 0 Å². The number of rotatable bonds is 5. The summed E-state index contributed by atoms with van der Waals surface area (Å²) in [5.74, 6) is -1.05. The normalized spacial score (nSPS) is 15.6. The van der Waals surface area contributed by atoms with E-state index in [-0.39, 0.29) is 24.2 Å². The van der Waals surface area contributed by atoms with Crippen LogP contribution in [0.2, 0.25) is 0 Å². The third-order valence-electron chi connectivity index (χ3n) is 4.62. The van der Waals surface area contributed by atoms with Gasteiger partial charge in [0.25, 0.3) is 0 Å². The van der Waals surface area contributed by atoms with E-state index in [1.54, 1.807) is 0 Å². The Balaban J connectivity index is 1.40. The van der Waals surface area contributed by atoms with Gasteiger partial charge in [-0.1, -0.05) is 30.3 Å². The van der Waals surface area contributed by atoms with Crippen molar-refractivity contribution < 1.29 is 13.6 Å². The molecule has 0 atom stereocenters. The third kappa shape index (κ3) is 5.26. The average Bonchev–Trinajstić information content (AvgIpc) is 2.65. The Kier molecular flexibility index (Phi) is 6.17. The highest BCUT2D eigenvalue weighted by molar-refractivity contribution is 5.74. The maximum atomic E-state index is 13.6. The Hall–Kier alpha value is -2.47. The highest BCUT2D eigenvalue weighted by Crippen LogP contribution is 2.14. The molecule has 0 radical (unpaired) electrons. The maximum Gasteiger partial charge on any atom is 0.315 e. The van der Waals surface area contributed by atoms with Gasteiger partial charge < -0.3 is 10.6 Å². The fourth-order valence-corrected chi connectivity index (χ4v) is 3.17. The van der Waals surface area contributed by atoms with E-state index in [4.69, 9.17) is 0 Å². The molecule has 2 amide bonds. The quantitative estimate of drug-likeness (QED) is 0.859. The molecule has 6 heteroatoms. The molecule has 3 rings (SSSR count). The molecule has 1 aliphatic rings. The third-order valence-corrected chi connectivity index (χ3v) is 4.62. The molecule has 0 bridgehead atoms. The van der Waals surface area contributed by atoms with Crippen LogP contribution < -0.4 is 10.6 Å². The summed E-state index contributed by atoms with van der Waals surface area (Å²) >= 11 is 0. The van der Waals surface area contributed by atoms with Crippen LogP contribution in [0.3, 0.4) is 0 Å². The van der Waals surface area contributed by atoms with E-state index in [0.29, 0.717) is 0 Å². The Morgan fingerprint density at radius 3 is 2.54 bits per heavy atom. The molecular formula is C20H23F2N3O. The highest BCUT2D eigenvalue weighted by Gasteiger charge is 2.20. The van der Waals surface area contributed by atoms with Crippen molar-refractivity contribution in [3.63, 3.8) is 0 Å². The first-order chi connectivity index (χ1) is 12.6. The lowest BCUT2D eigenvalue weighted by molar-refractivity contribution is 0.186. The van der Waals surface area contributed by atoms with Crippen LogP contribution in [-0.4, -0.2) is 30.1 Å². The van der Waals surface area contributed by atoms with E-state index < -0.39 is 11.6 Å². The number of hydrogen-bond donors (Lipinski definition) is 2. The van der Waals surface area contributed by atoms with Crippen molar-refractivity contribution in [2.45, 2.75) is 32.0 Å². The van der Waals surface area contributed by atoms with Gasteiger partial charge in [-0.3, -0.25) is 4.90 Å².